The second kappa shape index (κ2) is 5.70. The third kappa shape index (κ3) is 4.06. The van der Waals surface area contributed by atoms with Crippen molar-refractivity contribution in [2.45, 2.75) is 25.4 Å². The molecule has 0 fully saturated rings. The van der Waals surface area contributed by atoms with E-state index in [1.54, 1.807) is 0 Å². The zero-order valence-corrected chi connectivity index (χ0v) is 9.16. The minimum atomic E-state index is -4.47. The standard InChI is InChI=1S/C9H10F3N3S/c1-2-3-4-5-6-13-8-14-7(15-16-8)9(10,11)12/h1H,3-6H2,(H,13,14,15). The topological polar surface area (TPSA) is 37.8 Å². The lowest BCUT2D eigenvalue weighted by atomic mass is 10.2. The number of halogens is 3. The summed E-state index contributed by atoms with van der Waals surface area (Å²) in [5.74, 6) is 1.39. The molecule has 0 amide bonds. The van der Waals surface area contributed by atoms with E-state index in [1.165, 1.54) is 0 Å². The van der Waals surface area contributed by atoms with Crippen LogP contribution in [-0.2, 0) is 6.18 Å². The van der Waals surface area contributed by atoms with Gasteiger partial charge in [-0.2, -0.15) is 22.5 Å². The van der Waals surface area contributed by atoms with E-state index in [-0.39, 0.29) is 5.13 Å². The molecule has 0 aliphatic carbocycles. The van der Waals surface area contributed by atoms with Crippen LogP contribution in [0.1, 0.15) is 25.1 Å². The van der Waals surface area contributed by atoms with Gasteiger partial charge in [0.15, 0.2) is 0 Å². The summed E-state index contributed by atoms with van der Waals surface area (Å²) in [4.78, 5) is 3.33. The smallest absolute Gasteiger partial charge is 0.360 e. The van der Waals surface area contributed by atoms with Crippen molar-refractivity contribution in [3.05, 3.63) is 5.82 Å². The van der Waals surface area contributed by atoms with E-state index in [0.717, 1.165) is 12.8 Å². The molecule has 1 heterocycles. The minimum Gasteiger partial charge on any atom is -0.360 e. The normalized spacial score (nSPS) is 11.1. The molecule has 0 saturated heterocycles. The summed E-state index contributed by atoms with van der Waals surface area (Å²) in [5, 5.41) is 2.96. The zero-order chi connectivity index (χ0) is 12.0. The van der Waals surface area contributed by atoms with Crippen LogP contribution in [0.25, 0.3) is 0 Å². The van der Waals surface area contributed by atoms with Crippen molar-refractivity contribution in [3.63, 3.8) is 0 Å². The summed E-state index contributed by atoms with van der Waals surface area (Å²) in [7, 11) is 0. The largest absolute Gasteiger partial charge is 0.452 e. The maximum absolute atomic E-state index is 12.1. The fourth-order valence-electron chi connectivity index (χ4n) is 0.958. The van der Waals surface area contributed by atoms with Crippen LogP contribution in [0.5, 0.6) is 0 Å². The van der Waals surface area contributed by atoms with Crippen molar-refractivity contribution in [3.8, 4) is 12.3 Å². The first-order valence-corrected chi connectivity index (χ1v) is 5.39. The monoisotopic (exact) mass is 249 g/mol. The molecule has 0 saturated carbocycles. The summed E-state index contributed by atoms with van der Waals surface area (Å²) >= 11 is 0.708. The SMILES string of the molecule is C#CCCCCNc1nc(C(F)(F)F)ns1. The maximum Gasteiger partial charge on any atom is 0.452 e. The van der Waals surface area contributed by atoms with Crippen LogP contribution in [-0.4, -0.2) is 15.9 Å². The molecule has 0 unspecified atom stereocenters. The molecule has 1 rings (SSSR count). The van der Waals surface area contributed by atoms with Gasteiger partial charge in [-0.25, -0.2) is 0 Å². The fraction of sp³-hybridized carbons (Fsp3) is 0.556. The molecule has 16 heavy (non-hydrogen) atoms. The molecule has 1 aromatic rings. The summed E-state index contributed by atoms with van der Waals surface area (Å²) in [6, 6.07) is 0. The number of terminal acetylenes is 1. The van der Waals surface area contributed by atoms with Crippen molar-refractivity contribution in [2.75, 3.05) is 11.9 Å². The van der Waals surface area contributed by atoms with Gasteiger partial charge in [-0.1, -0.05) is 0 Å². The molecule has 0 spiro atoms. The van der Waals surface area contributed by atoms with E-state index in [4.69, 9.17) is 6.42 Å². The van der Waals surface area contributed by atoms with Gasteiger partial charge in [0, 0.05) is 24.5 Å². The van der Waals surface area contributed by atoms with Gasteiger partial charge in [0.25, 0.3) is 0 Å². The highest BCUT2D eigenvalue weighted by atomic mass is 32.1. The Balaban J connectivity index is 2.33. The molecule has 3 nitrogen and oxygen atoms in total. The Morgan fingerprint density at radius 3 is 2.69 bits per heavy atom. The van der Waals surface area contributed by atoms with Gasteiger partial charge >= 0.3 is 6.18 Å². The first-order valence-electron chi connectivity index (χ1n) is 4.62. The Morgan fingerprint density at radius 1 is 1.38 bits per heavy atom. The quantitative estimate of drug-likeness (QED) is 0.644. The molecular formula is C9H10F3N3S. The van der Waals surface area contributed by atoms with E-state index >= 15 is 0 Å². The number of aromatic nitrogens is 2. The molecule has 7 heteroatoms. The number of alkyl halides is 3. The van der Waals surface area contributed by atoms with E-state index in [0.29, 0.717) is 24.5 Å². The van der Waals surface area contributed by atoms with Crippen LogP contribution in [0, 0.1) is 12.3 Å². The maximum atomic E-state index is 12.1. The molecule has 0 atom stereocenters. The van der Waals surface area contributed by atoms with E-state index in [1.807, 2.05) is 0 Å². The molecule has 0 aliphatic heterocycles. The van der Waals surface area contributed by atoms with Gasteiger partial charge in [0.2, 0.25) is 11.0 Å². The summed E-state index contributed by atoms with van der Waals surface area (Å²) in [5.41, 5.74) is 0. The van der Waals surface area contributed by atoms with Crippen molar-refractivity contribution in [1.29, 1.82) is 0 Å². The third-order valence-electron chi connectivity index (χ3n) is 1.70. The lowest BCUT2D eigenvalue weighted by molar-refractivity contribution is -0.144. The number of nitrogens with one attached hydrogen (secondary N) is 1. The average Bonchev–Trinajstić information content (AvgIpc) is 2.65. The predicted molar refractivity (Wildman–Crippen MR) is 56.1 cm³/mol. The van der Waals surface area contributed by atoms with E-state index in [9.17, 15) is 13.2 Å². The number of nitrogens with zero attached hydrogens (tertiary/aromatic N) is 2. The molecule has 0 aliphatic rings. The van der Waals surface area contributed by atoms with Crippen molar-refractivity contribution in [2.24, 2.45) is 0 Å². The van der Waals surface area contributed by atoms with Crippen LogP contribution in [0.4, 0.5) is 18.3 Å². The van der Waals surface area contributed by atoms with Crippen molar-refractivity contribution < 1.29 is 13.2 Å². The Bertz CT molecular complexity index is 367. The number of unbranched alkanes of at least 4 members (excludes halogenated alkanes) is 2. The Kier molecular flexibility index (Phi) is 4.55. The molecule has 0 radical (unpaired) electrons. The second-order valence-corrected chi connectivity index (χ2v) is 3.76. The highest BCUT2D eigenvalue weighted by Gasteiger charge is 2.35. The summed E-state index contributed by atoms with van der Waals surface area (Å²) < 4.78 is 39.6. The van der Waals surface area contributed by atoms with Crippen LogP contribution in [0.2, 0.25) is 0 Å². The first kappa shape index (κ1) is 12.8. The Hall–Kier alpha value is -1.29. The first-order chi connectivity index (χ1) is 7.54. The van der Waals surface area contributed by atoms with Gasteiger partial charge < -0.3 is 5.32 Å². The van der Waals surface area contributed by atoms with Crippen molar-refractivity contribution >= 4 is 16.7 Å². The molecule has 1 aromatic heterocycles. The molecular weight excluding hydrogens is 239 g/mol. The number of hydrogen-bond acceptors (Lipinski definition) is 4. The average molecular weight is 249 g/mol. The van der Waals surface area contributed by atoms with Crippen LogP contribution in [0.3, 0.4) is 0 Å². The van der Waals surface area contributed by atoms with Gasteiger partial charge in [0.1, 0.15) is 0 Å². The fourth-order valence-corrected chi connectivity index (χ4v) is 1.57. The zero-order valence-electron chi connectivity index (χ0n) is 8.34. The second-order valence-electron chi connectivity index (χ2n) is 3.01. The summed E-state index contributed by atoms with van der Waals surface area (Å²) in [6.07, 6.45) is 2.90. The Morgan fingerprint density at radius 2 is 2.12 bits per heavy atom. The predicted octanol–water partition coefficient (Wildman–Crippen LogP) is 2.77. The number of hydrogen-bond donors (Lipinski definition) is 1. The highest BCUT2D eigenvalue weighted by molar-refractivity contribution is 7.09. The van der Waals surface area contributed by atoms with Gasteiger partial charge in [-0.3, -0.25) is 0 Å². The lowest BCUT2D eigenvalue weighted by Gasteiger charge is -2.00. The summed E-state index contributed by atoms with van der Waals surface area (Å²) in [6.45, 7) is 0.550. The third-order valence-corrected chi connectivity index (χ3v) is 2.38. The molecule has 0 bridgehead atoms. The van der Waals surface area contributed by atoms with E-state index < -0.39 is 12.0 Å². The van der Waals surface area contributed by atoms with Gasteiger partial charge in [-0.05, 0) is 12.8 Å². The molecule has 1 N–H and O–H groups in total. The van der Waals surface area contributed by atoms with Gasteiger partial charge in [0.05, 0.1) is 0 Å². The van der Waals surface area contributed by atoms with Crippen LogP contribution < -0.4 is 5.32 Å². The number of rotatable bonds is 5. The van der Waals surface area contributed by atoms with Crippen LogP contribution in [0.15, 0.2) is 0 Å². The van der Waals surface area contributed by atoms with Crippen molar-refractivity contribution in [1.82, 2.24) is 9.36 Å². The lowest BCUT2D eigenvalue weighted by Crippen LogP contribution is -2.08. The highest BCUT2D eigenvalue weighted by Crippen LogP contribution is 2.28. The molecule has 0 aromatic carbocycles. The Labute approximate surface area is 95.3 Å². The van der Waals surface area contributed by atoms with Gasteiger partial charge in [-0.15, -0.1) is 12.3 Å². The van der Waals surface area contributed by atoms with Crippen LogP contribution >= 0.6 is 11.5 Å². The number of anilines is 1. The molecule has 88 valence electrons. The minimum absolute atomic E-state index is 0.188. The van der Waals surface area contributed by atoms with E-state index in [2.05, 4.69) is 20.6 Å².